The minimum absolute atomic E-state index is 0.00489. The summed E-state index contributed by atoms with van der Waals surface area (Å²) in [4.78, 5) is 30.8. The lowest BCUT2D eigenvalue weighted by atomic mass is 10.0. The standard InChI is InChI=1S/C19H19N5O4/c1-28-9-8-16(12-4-2-5-13(10-12)24(26)27)23-19-15-7-3-6-14(18(20)25)17(15)21-11-22-19/h2-7,10-11,16H,8-9H2,1H3,(H2,20,25)(H,21,22,23). The zero-order valence-electron chi connectivity index (χ0n) is 15.2. The highest BCUT2D eigenvalue weighted by Crippen LogP contribution is 2.29. The Labute approximate surface area is 160 Å². The molecule has 144 valence electrons. The van der Waals surface area contributed by atoms with Crippen LogP contribution in [0.2, 0.25) is 0 Å². The molecule has 1 heterocycles. The van der Waals surface area contributed by atoms with E-state index in [-0.39, 0.29) is 11.7 Å². The van der Waals surface area contributed by atoms with E-state index in [0.29, 0.717) is 35.3 Å². The number of ether oxygens (including phenoxy) is 1. The van der Waals surface area contributed by atoms with Gasteiger partial charge in [0.1, 0.15) is 12.1 Å². The number of nitro groups is 1. The van der Waals surface area contributed by atoms with Crippen LogP contribution in [0.25, 0.3) is 10.9 Å². The van der Waals surface area contributed by atoms with Crippen molar-refractivity contribution in [3.05, 3.63) is 70.0 Å². The summed E-state index contributed by atoms with van der Waals surface area (Å²) in [5, 5.41) is 15.1. The van der Waals surface area contributed by atoms with Gasteiger partial charge in [0.15, 0.2) is 0 Å². The average molecular weight is 381 g/mol. The van der Waals surface area contributed by atoms with Crippen molar-refractivity contribution in [2.45, 2.75) is 12.5 Å². The quantitative estimate of drug-likeness (QED) is 0.453. The molecule has 1 amide bonds. The number of aromatic nitrogens is 2. The molecule has 9 heteroatoms. The number of benzene rings is 2. The number of nitrogens with two attached hydrogens (primary N) is 1. The molecule has 0 aliphatic carbocycles. The molecular weight excluding hydrogens is 362 g/mol. The average Bonchev–Trinajstić information content (AvgIpc) is 2.70. The van der Waals surface area contributed by atoms with E-state index in [1.54, 1.807) is 37.4 Å². The third-order valence-corrected chi connectivity index (χ3v) is 4.34. The molecule has 0 bridgehead atoms. The molecule has 0 saturated carbocycles. The van der Waals surface area contributed by atoms with Crippen molar-refractivity contribution >= 4 is 28.3 Å². The number of nitrogens with zero attached hydrogens (tertiary/aromatic N) is 3. The van der Waals surface area contributed by atoms with Crippen LogP contribution in [-0.4, -0.2) is 34.5 Å². The van der Waals surface area contributed by atoms with Crippen molar-refractivity contribution in [3.8, 4) is 0 Å². The van der Waals surface area contributed by atoms with E-state index >= 15 is 0 Å². The van der Waals surface area contributed by atoms with E-state index < -0.39 is 10.8 Å². The molecule has 3 aromatic rings. The topological polar surface area (TPSA) is 133 Å². The number of amides is 1. The van der Waals surface area contributed by atoms with Crippen molar-refractivity contribution in [1.29, 1.82) is 0 Å². The number of nitrogens with one attached hydrogen (secondary N) is 1. The Kier molecular flexibility index (Phi) is 5.75. The maximum atomic E-state index is 11.7. The molecule has 1 unspecified atom stereocenters. The summed E-state index contributed by atoms with van der Waals surface area (Å²) in [5.74, 6) is -0.0782. The van der Waals surface area contributed by atoms with E-state index in [9.17, 15) is 14.9 Å². The van der Waals surface area contributed by atoms with E-state index in [4.69, 9.17) is 10.5 Å². The third kappa shape index (κ3) is 4.04. The Hall–Kier alpha value is -3.59. The van der Waals surface area contributed by atoms with Gasteiger partial charge >= 0.3 is 0 Å². The summed E-state index contributed by atoms with van der Waals surface area (Å²) in [6.45, 7) is 0.440. The van der Waals surface area contributed by atoms with Gasteiger partial charge in [-0.15, -0.1) is 0 Å². The smallest absolute Gasteiger partial charge is 0.269 e. The van der Waals surface area contributed by atoms with Crippen LogP contribution >= 0.6 is 0 Å². The molecule has 2 aromatic carbocycles. The Morgan fingerprint density at radius 2 is 2.07 bits per heavy atom. The lowest BCUT2D eigenvalue weighted by molar-refractivity contribution is -0.384. The molecular formula is C19H19N5O4. The second-order valence-electron chi connectivity index (χ2n) is 6.12. The number of rotatable bonds is 8. The number of methoxy groups -OCH3 is 1. The second-order valence-corrected chi connectivity index (χ2v) is 6.12. The van der Waals surface area contributed by atoms with Crippen LogP contribution in [0.15, 0.2) is 48.8 Å². The highest BCUT2D eigenvalue weighted by molar-refractivity contribution is 6.06. The van der Waals surface area contributed by atoms with Gasteiger partial charge in [-0.3, -0.25) is 14.9 Å². The van der Waals surface area contributed by atoms with E-state index in [2.05, 4.69) is 15.3 Å². The molecule has 1 atom stereocenters. The SMILES string of the molecule is COCCC(Nc1ncnc2c(C(N)=O)cccc12)c1cccc([N+](=O)[O-])c1. The van der Waals surface area contributed by atoms with Crippen molar-refractivity contribution in [2.75, 3.05) is 19.0 Å². The maximum absolute atomic E-state index is 11.7. The van der Waals surface area contributed by atoms with Crippen LogP contribution in [-0.2, 0) is 4.74 Å². The summed E-state index contributed by atoms with van der Waals surface area (Å²) in [6, 6.07) is 11.2. The molecule has 3 rings (SSSR count). The van der Waals surface area contributed by atoms with Crippen molar-refractivity contribution < 1.29 is 14.5 Å². The van der Waals surface area contributed by atoms with Gasteiger partial charge in [0.05, 0.1) is 22.0 Å². The predicted octanol–water partition coefficient (Wildman–Crippen LogP) is 2.83. The largest absolute Gasteiger partial charge is 0.385 e. The zero-order valence-corrected chi connectivity index (χ0v) is 15.2. The number of hydrogen-bond acceptors (Lipinski definition) is 7. The summed E-state index contributed by atoms with van der Waals surface area (Å²) >= 11 is 0. The van der Waals surface area contributed by atoms with Gasteiger partial charge in [-0.05, 0) is 24.1 Å². The van der Waals surface area contributed by atoms with Crippen LogP contribution < -0.4 is 11.1 Å². The first-order chi connectivity index (χ1) is 13.5. The van der Waals surface area contributed by atoms with Gasteiger partial charge in [0.25, 0.3) is 11.6 Å². The number of non-ortho nitro benzene ring substituents is 1. The van der Waals surface area contributed by atoms with E-state index in [1.165, 1.54) is 18.5 Å². The van der Waals surface area contributed by atoms with Gasteiger partial charge in [0.2, 0.25) is 0 Å². The number of anilines is 1. The van der Waals surface area contributed by atoms with Crippen LogP contribution in [0.5, 0.6) is 0 Å². The second kappa shape index (κ2) is 8.40. The number of hydrogen-bond donors (Lipinski definition) is 2. The molecule has 0 fully saturated rings. The molecule has 0 spiro atoms. The zero-order chi connectivity index (χ0) is 20.1. The Bertz CT molecular complexity index is 1020. The first kappa shape index (κ1) is 19.2. The molecule has 0 aliphatic rings. The number of primary amides is 1. The normalized spacial score (nSPS) is 11.9. The lowest BCUT2D eigenvalue weighted by Gasteiger charge is -2.20. The number of para-hydroxylation sites is 1. The summed E-state index contributed by atoms with van der Waals surface area (Å²) in [5.41, 5.74) is 6.90. The van der Waals surface area contributed by atoms with Crippen LogP contribution in [0.4, 0.5) is 11.5 Å². The van der Waals surface area contributed by atoms with Gasteiger partial charge in [-0.25, -0.2) is 9.97 Å². The molecule has 1 aromatic heterocycles. The highest BCUT2D eigenvalue weighted by Gasteiger charge is 2.18. The Balaban J connectivity index is 2.02. The number of fused-ring (bicyclic) bond motifs is 1. The molecule has 0 radical (unpaired) electrons. The highest BCUT2D eigenvalue weighted by atomic mass is 16.6. The van der Waals surface area contributed by atoms with Crippen LogP contribution in [0.3, 0.4) is 0 Å². The Morgan fingerprint density at radius 3 is 2.79 bits per heavy atom. The van der Waals surface area contributed by atoms with Crippen molar-refractivity contribution in [1.82, 2.24) is 9.97 Å². The molecule has 28 heavy (non-hydrogen) atoms. The fourth-order valence-electron chi connectivity index (χ4n) is 2.98. The third-order valence-electron chi connectivity index (χ3n) is 4.34. The first-order valence-corrected chi connectivity index (χ1v) is 8.54. The van der Waals surface area contributed by atoms with Gasteiger partial charge in [-0.1, -0.05) is 18.2 Å². The summed E-state index contributed by atoms with van der Waals surface area (Å²) in [7, 11) is 1.59. The summed E-state index contributed by atoms with van der Waals surface area (Å²) < 4.78 is 5.18. The van der Waals surface area contributed by atoms with E-state index in [0.717, 1.165) is 5.56 Å². The fraction of sp³-hybridized carbons (Fsp3) is 0.211. The molecule has 9 nitrogen and oxygen atoms in total. The molecule has 0 aliphatic heterocycles. The van der Waals surface area contributed by atoms with Gasteiger partial charge < -0.3 is 15.8 Å². The Morgan fingerprint density at radius 1 is 1.29 bits per heavy atom. The van der Waals surface area contributed by atoms with Crippen molar-refractivity contribution in [3.63, 3.8) is 0 Å². The minimum atomic E-state index is -0.579. The number of carbonyl (C=O) groups is 1. The fourth-order valence-corrected chi connectivity index (χ4v) is 2.98. The first-order valence-electron chi connectivity index (χ1n) is 8.54. The van der Waals surface area contributed by atoms with Crippen LogP contribution in [0, 0.1) is 10.1 Å². The molecule has 3 N–H and O–H groups in total. The number of nitro benzene ring substituents is 1. The van der Waals surface area contributed by atoms with E-state index in [1.807, 2.05) is 0 Å². The monoisotopic (exact) mass is 381 g/mol. The number of carbonyl (C=O) groups excluding carboxylic acids is 1. The van der Waals surface area contributed by atoms with Gasteiger partial charge in [0, 0.05) is 31.2 Å². The van der Waals surface area contributed by atoms with Crippen molar-refractivity contribution in [2.24, 2.45) is 5.73 Å². The lowest BCUT2D eigenvalue weighted by Crippen LogP contribution is -2.16. The maximum Gasteiger partial charge on any atom is 0.269 e. The van der Waals surface area contributed by atoms with Gasteiger partial charge in [-0.2, -0.15) is 0 Å². The van der Waals surface area contributed by atoms with Crippen LogP contribution in [0.1, 0.15) is 28.4 Å². The molecule has 0 saturated heterocycles. The minimum Gasteiger partial charge on any atom is -0.385 e. The predicted molar refractivity (Wildman–Crippen MR) is 104 cm³/mol. The summed E-state index contributed by atoms with van der Waals surface area (Å²) in [6.07, 6.45) is 1.90.